The first kappa shape index (κ1) is 21.7. The number of rotatable bonds is 0. The highest BCUT2D eigenvalue weighted by Gasteiger charge is 1.96. The van der Waals surface area contributed by atoms with Gasteiger partial charge in [-0.15, -0.1) is 0 Å². The second-order valence-electron chi connectivity index (χ2n) is 7.49. The second kappa shape index (κ2) is 10.2. The van der Waals surface area contributed by atoms with Crippen molar-refractivity contribution in [1.82, 2.24) is 0 Å². The summed E-state index contributed by atoms with van der Waals surface area (Å²) in [5.74, 6) is 1.05. The molecule has 0 heterocycles. The Kier molecular flexibility index (Phi) is 6.72. The lowest BCUT2D eigenvalue weighted by atomic mass is 10.1. The fourth-order valence-corrected chi connectivity index (χ4v) is 3.62. The quantitative estimate of drug-likeness (QED) is 0.231. The smallest absolute Gasteiger partial charge is 0.123 e. The molecule has 0 unspecified atom stereocenters. The average molecular weight is 433 g/mol. The third-order valence-corrected chi connectivity index (χ3v) is 5.30. The first-order chi connectivity index (χ1) is 16.1. The molecule has 0 bridgehead atoms. The number of hydrogen-bond acceptors (Lipinski definition) is 3. The predicted molar refractivity (Wildman–Crippen MR) is 137 cm³/mol. The molecule has 0 aliphatic rings. The molecule has 0 fully saturated rings. The summed E-state index contributed by atoms with van der Waals surface area (Å²) in [5, 5.41) is 34.1. The van der Waals surface area contributed by atoms with E-state index in [4.69, 9.17) is 0 Å². The van der Waals surface area contributed by atoms with Gasteiger partial charge in [0, 0.05) is 16.2 Å². The fraction of sp³-hybridized carbons (Fsp3) is 0. The van der Waals surface area contributed by atoms with Gasteiger partial charge in [0.25, 0.3) is 0 Å². The first-order valence-corrected chi connectivity index (χ1v) is 10.6. The highest BCUT2D eigenvalue weighted by Crippen LogP contribution is 2.24. The molecule has 6 rings (SSSR count). The summed E-state index contributed by atoms with van der Waals surface area (Å²) in [6, 6.07) is 39.9. The molecule has 162 valence electrons. The van der Waals surface area contributed by atoms with Crippen LogP contribution in [0.5, 0.6) is 17.2 Å². The lowest BCUT2D eigenvalue weighted by Gasteiger charge is -1.97. The standard InChI is InChI=1S/3C10H8O/c3*11-10-7-3-5-8-4-1-2-6-9(8)10/h3*1-7,11H. The molecule has 6 aromatic rings. The van der Waals surface area contributed by atoms with Crippen LogP contribution in [0.1, 0.15) is 0 Å². The molecule has 0 radical (unpaired) electrons. The Labute approximate surface area is 192 Å². The molecule has 3 N–H and O–H groups in total. The van der Waals surface area contributed by atoms with E-state index in [-0.39, 0.29) is 0 Å². The average Bonchev–Trinajstić information content (AvgIpc) is 2.86. The van der Waals surface area contributed by atoms with Gasteiger partial charge in [-0.05, 0) is 34.4 Å². The fourth-order valence-electron chi connectivity index (χ4n) is 3.62. The maximum atomic E-state index is 9.37. The largest absolute Gasteiger partial charge is 0.507 e. The number of aromatic hydroxyl groups is 3. The summed E-state index contributed by atoms with van der Waals surface area (Å²) >= 11 is 0. The molecule has 0 aromatic heterocycles. The van der Waals surface area contributed by atoms with Crippen molar-refractivity contribution < 1.29 is 15.3 Å². The van der Waals surface area contributed by atoms with E-state index < -0.39 is 0 Å². The summed E-state index contributed by atoms with van der Waals surface area (Å²) in [7, 11) is 0. The number of phenolic OH excluding ortho intramolecular Hbond substituents is 3. The van der Waals surface area contributed by atoms with Crippen molar-refractivity contribution in [1.29, 1.82) is 0 Å². The van der Waals surface area contributed by atoms with Crippen LogP contribution in [0, 0.1) is 0 Å². The summed E-state index contributed by atoms with van der Waals surface area (Å²) in [4.78, 5) is 0. The van der Waals surface area contributed by atoms with Crippen molar-refractivity contribution in [3.63, 3.8) is 0 Å². The molecule has 33 heavy (non-hydrogen) atoms. The number of benzene rings is 6. The van der Waals surface area contributed by atoms with Crippen LogP contribution < -0.4 is 0 Å². The summed E-state index contributed by atoms with van der Waals surface area (Å²) in [6.07, 6.45) is 0. The molecule has 0 aliphatic heterocycles. The predicted octanol–water partition coefficient (Wildman–Crippen LogP) is 7.64. The van der Waals surface area contributed by atoms with E-state index in [0.717, 1.165) is 32.3 Å². The van der Waals surface area contributed by atoms with Crippen LogP contribution in [-0.2, 0) is 0 Å². The minimum Gasteiger partial charge on any atom is -0.507 e. The van der Waals surface area contributed by atoms with Crippen LogP contribution in [0.25, 0.3) is 32.3 Å². The van der Waals surface area contributed by atoms with Gasteiger partial charge in [0.2, 0.25) is 0 Å². The van der Waals surface area contributed by atoms with E-state index in [2.05, 4.69) is 0 Å². The van der Waals surface area contributed by atoms with E-state index in [0.29, 0.717) is 17.2 Å². The number of fused-ring (bicyclic) bond motifs is 3. The van der Waals surface area contributed by atoms with Gasteiger partial charge >= 0.3 is 0 Å². The van der Waals surface area contributed by atoms with E-state index in [1.54, 1.807) is 18.2 Å². The molecular formula is C30H24O3. The van der Waals surface area contributed by atoms with Crippen LogP contribution >= 0.6 is 0 Å². The van der Waals surface area contributed by atoms with Crippen LogP contribution in [0.4, 0.5) is 0 Å². The Balaban J connectivity index is 0.000000118. The van der Waals surface area contributed by atoms with Gasteiger partial charge in [-0.25, -0.2) is 0 Å². The molecule has 0 aliphatic carbocycles. The Morgan fingerprint density at radius 1 is 0.273 bits per heavy atom. The lowest BCUT2D eigenvalue weighted by molar-refractivity contribution is 0.481. The van der Waals surface area contributed by atoms with Crippen LogP contribution in [-0.4, -0.2) is 15.3 Å². The van der Waals surface area contributed by atoms with Crippen molar-refractivity contribution in [2.75, 3.05) is 0 Å². The monoisotopic (exact) mass is 432 g/mol. The topological polar surface area (TPSA) is 60.7 Å². The Bertz CT molecular complexity index is 1310. The molecule has 0 saturated carbocycles. The molecular weight excluding hydrogens is 408 g/mol. The molecule has 0 saturated heterocycles. The molecule has 3 heteroatoms. The second-order valence-corrected chi connectivity index (χ2v) is 7.49. The zero-order valence-corrected chi connectivity index (χ0v) is 18.0. The van der Waals surface area contributed by atoms with Gasteiger partial charge < -0.3 is 15.3 Å². The van der Waals surface area contributed by atoms with Crippen molar-refractivity contribution >= 4 is 32.3 Å². The molecule has 0 amide bonds. The maximum Gasteiger partial charge on any atom is 0.123 e. The van der Waals surface area contributed by atoms with Crippen molar-refractivity contribution in [3.8, 4) is 17.2 Å². The van der Waals surface area contributed by atoms with Gasteiger partial charge in [-0.3, -0.25) is 0 Å². The number of hydrogen-bond donors (Lipinski definition) is 3. The Morgan fingerprint density at radius 3 is 0.788 bits per heavy atom. The first-order valence-electron chi connectivity index (χ1n) is 10.6. The van der Waals surface area contributed by atoms with Crippen LogP contribution in [0.15, 0.2) is 127 Å². The van der Waals surface area contributed by atoms with Gasteiger partial charge in [0.05, 0.1) is 0 Å². The maximum absolute atomic E-state index is 9.37. The molecule has 0 spiro atoms. The third kappa shape index (κ3) is 5.23. The minimum absolute atomic E-state index is 0.350. The van der Waals surface area contributed by atoms with Gasteiger partial charge in [0.1, 0.15) is 17.2 Å². The van der Waals surface area contributed by atoms with Crippen molar-refractivity contribution in [2.24, 2.45) is 0 Å². The zero-order chi connectivity index (χ0) is 23.0. The highest BCUT2D eigenvalue weighted by atomic mass is 16.3. The minimum atomic E-state index is 0.350. The Morgan fingerprint density at radius 2 is 0.515 bits per heavy atom. The summed E-state index contributed by atoms with van der Waals surface area (Å²) < 4.78 is 0. The third-order valence-electron chi connectivity index (χ3n) is 5.30. The molecule has 6 aromatic carbocycles. The zero-order valence-electron chi connectivity index (χ0n) is 18.0. The van der Waals surface area contributed by atoms with Gasteiger partial charge in [-0.2, -0.15) is 0 Å². The molecule has 3 nitrogen and oxygen atoms in total. The van der Waals surface area contributed by atoms with Crippen molar-refractivity contribution in [2.45, 2.75) is 0 Å². The normalized spacial score (nSPS) is 10.2. The van der Waals surface area contributed by atoms with E-state index in [1.807, 2.05) is 109 Å². The summed E-state index contributed by atoms with van der Waals surface area (Å²) in [5.41, 5.74) is 0. The Hall–Kier alpha value is -4.50. The SMILES string of the molecule is Oc1cccc2ccccc12.Oc1cccc2ccccc12.Oc1cccc2ccccc12. The van der Waals surface area contributed by atoms with Crippen molar-refractivity contribution in [3.05, 3.63) is 127 Å². The van der Waals surface area contributed by atoms with E-state index >= 15 is 0 Å². The number of phenols is 3. The van der Waals surface area contributed by atoms with E-state index in [9.17, 15) is 15.3 Å². The van der Waals surface area contributed by atoms with E-state index in [1.165, 1.54) is 0 Å². The lowest BCUT2D eigenvalue weighted by Crippen LogP contribution is -1.70. The molecule has 0 atom stereocenters. The van der Waals surface area contributed by atoms with Crippen LogP contribution in [0.2, 0.25) is 0 Å². The summed E-state index contributed by atoms with van der Waals surface area (Å²) in [6.45, 7) is 0. The highest BCUT2D eigenvalue weighted by molar-refractivity contribution is 5.89. The van der Waals surface area contributed by atoms with Gasteiger partial charge in [0.15, 0.2) is 0 Å². The van der Waals surface area contributed by atoms with Crippen LogP contribution in [0.3, 0.4) is 0 Å². The van der Waals surface area contributed by atoms with Gasteiger partial charge in [-0.1, -0.05) is 109 Å².